The van der Waals surface area contributed by atoms with Crippen LogP contribution in [0.25, 0.3) is 6.08 Å². The van der Waals surface area contributed by atoms with Gasteiger partial charge in [-0.25, -0.2) is 4.79 Å². The van der Waals surface area contributed by atoms with Crippen molar-refractivity contribution in [2.24, 2.45) is 5.92 Å². The highest BCUT2D eigenvalue weighted by molar-refractivity contribution is 5.89. The molecule has 40 heavy (non-hydrogen) atoms. The van der Waals surface area contributed by atoms with Gasteiger partial charge in [-0.15, -0.1) is 0 Å². The molecule has 0 amide bonds. The molecule has 212 valence electrons. The molecule has 0 spiro atoms. The third-order valence-electron chi connectivity index (χ3n) is 6.74. The lowest BCUT2D eigenvalue weighted by Gasteiger charge is -2.15. The largest absolute Gasteiger partial charge is 0.493 e. The number of methoxy groups -OCH3 is 2. The summed E-state index contributed by atoms with van der Waals surface area (Å²) in [6.45, 7) is 1.54. The van der Waals surface area contributed by atoms with Gasteiger partial charge in [-0.3, -0.25) is 4.79 Å². The molecule has 3 aromatic carbocycles. The number of carbonyl (C=O) groups is 2. The Bertz CT molecular complexity index is 1190. The summed E-state index contributed by atoms with van der Waals surface area (Å²) in [5.41, 5.74) is 4.08. The first-order valence-electron chi connectivity index (χ1n) is 14.0. The molecule has 0 heterocycles. The summed E-state index contributed by atoms with van der Waals surface area (Å²) >= 11 is 0. The highest BCUT2D eigenvalue weighted by Crippen LogP contribution is 2.23. The van der Waals surface area contributed by atoms with Gasteiger partial charge in [-0.2, -0.15) is 0 Å². The highest BCUT2D eigenvalue weighted by atomic mass is 16.5. The van der Waals surface area contributed by atoms with E-state index in [1.54, 1.807) is 12.1 Å². The fourth-order valence-electron chi connectivity index (χ4n) is 4.44. The quantitative estimate of drug-likeness (QED) is 0.159. The number of carbonyl (C=O) groups excluding carboxylic acids is 2. The van der Waals surface area contributed by atoms with Crippen LogP contribution in [0.3, 0.4) is 0 Å². The minimum Gasteiger partial charge on any atom is -0.493 e. The molecule has 0 bridgehead atoms. The molecule has 3 aromatic rings. The van der Waals surface area contributed by atoms with Crippen LogP contribution in [-0.2, 0) is 27.1 Å². The molecule has 3 rings (SSSR count). The predicted octanol–water partition coefficient (Wildman–Crippen LogP) is 6.29. The van der Waals surface area contributed by atoms with Crippen LogP contribution in [0, 0.1) is 5.92 Å². The van der Waals surface area contributed by atoms with Gasteiger partial charge in [0.25, 0.3) is 0 Å². The Hall–Kier alpha value is -3.90. The summed E-state index contributed by atoms with van der Waals surface area (Å²) in [5.74, 6) is 0.464. The van der Waals surface area contributed by atoms with Crippen LogP contribution in [0.15, 0.2) is 84.9 Å². The fraction of sp³-hybridized carbons (Fsp3) is 0.353. The van der Waals surface area contributed by atoms with E-state index < -0.39 is 0 Å². The van der Waals surface area contributed by atoms with Gasteiger partial charge in [-0.05, 0) is 80.3 Å². The van der Waals surface area contributed by atoms with Gasteiger partial charge in [0, 0.05) is 5.56 Å². The topological polar surface area (TPSA) is 73.9 Å². The number of hydrogen-bond donors (Lipinski definition) is 1. The Kier molecular flexibility index (Phi) is 13.5. The lowest BCUT2D eigenvalue weighted by molar-refractivity contribution is -0.139. The third kappa shape index (κ3) is 11.1. The van der Waals surface area contributed by atoms with E-state index in [0.29, 0.717) is 18.7 Å². The number of hydrogen-bond acceptors (Lipinski definition) is 6. The molecule has 0 saturated heterocycles. The number of allylic oxidation sites excluding steroid dienone is 1. The number of ether oxygens (including phenoxy) is 3. The van der Waals surface area contributed by atoms with E-state index in [1.807, 2.05) is 30.3 Å². The number of rotatable bonds is 17. The van der Waals surface area contributed by atoms with Crippen LogP contribution >= 0.6 is 0 Å². The molecule has 6 heteroatoms. The molecule has 0 aliphatic carbocycles. The van der Waals surface area contributed by atoms with Gasteiger partial charge in [-0.1, -0.05) is 72.8 Å². The molecule has 1 atom stereocenters. The Balaban J connectivity index is 1.57. The van der Waals surface area contributed by atoms with E-state index in [1.165, 1.54) is 19.8 Å². The zero-order chi connectivity index (χ0) is 28.4. The van der Waals surface area contributed by atoms with Gasteiger partial charge >= 0.3 is 11.9 Å². The van der Waals surface area contributed by atoms with Crippen molar-refractivity contribution < 1.29 is 23.8 Å². The number of aryl methyl sites for hydroxylation is 1. The molecule has 0 aromatic heterocycles. The molecular formula is C34H41NO5. The van der Waals surface area contributed by atoms with Gasteiger partial charge in [0.2, 0.25) is 0 Å². The molecular weight excluding hydrogens is 502 g/mol. The number of para-hydroxylation sites is 1. The normalized spacial score (nSPS) is 11.8. The average Bonchev–Trinajstić information content (AvgIpc) is 3.00. The van der Waals surface area contributed by atoms with Crippen LogP contribution in [0.1, 0.15) is 52.7 Å². The van der Waals surface area contributed by atoms with Gasteiger partial charge in [0.05, 0.1) is 32.9 Å². The molecule has 0 radical (unpaired) electrons. The van der Waals surface area contributed by atoms with Crippen LogP contribution in [0.5, 0.6) is 5.75 Å². The maximum Gasteiger partial charge on any atom is 0.337 e. The van der Waals surface area contributed by atoms with Crippen molar-refractivity contribution in [2.45, 2.75) is 38.5 Å². The second kappa shape index (κ2) is 17.6. The first kappa shape index (κ1) is 30.6. The molecule has 0 aliphatic heterocycles. The SMILES string of the molecule is COC(=O)CNCCC(/C=C\c1ccccc1OCCCCCc1ccccc1)Cc1ccc(C(=O)OC)cc1. The average molecular weight is 544 g/mol. The summed E-state index contributed by atoms with van der Waals surface area (Å²) < 4.78 is 15.7. The molecule has 6 nitrogen and oxygen atoms in total. The van der Waals surface area contributed by atoms with Crippen molar-refractivity contribution in [1.29, 1.82) is 0 Å². The summed E-state index contributed by atoms with van der Waals surface area (Å²) in [6.07, 6.45) is 10.3. The first-order valence-corrected chi connectivity index (χ1v) is 14.0. The summed E-state index contributed by atoms with van der Waals surface area (Å²) in [5, 5.41) is 3.15. The summed E-state index contributed by atoms with van der Waals surface area (Å²) in [4.78, 5) is 23.3. The van der Waals surface area contributed by atoms with Crippen LogP contribution in [0.4, 0.5) is 0 Å². The van der Waals surface area contributed by atoms with Crippen molar-refractivity contribution in [3.63, 3.8) is 0 Å². The van der Waals surface area contributed by atoms with Crippen molar-refractivity contribution in [2.75, 3.05) is 33.9 Å². The zero-order valence-electron chi connectivity index (χ0n) is 23.6. The molecule has 0 aliphatic rings. The van der Waals surface area contributed by atoms with Gasteiger partial charge in [0.1, 0.15) is 5.75 Å². The van der Waals surface area contributed by atoms with Crippen molar-refractivity contribution >= 4 is 18.0 Å². The number of esters is 2. The third-order valence-corrected chi connectivity index (χ3v) is 6.74. The van der Waals surface area contributed by atoms with Crippen LogP contribution in [-0.4, -0.2) is 45.9 Å². The zero-order valence-corrected chi connectivity index (χ0v) is 23.6. The van der Waals surface area contributed by atoms with Crippen LogP contribution < -0.4 is 10.1 Å². The van der Waals surface area contributed by atoms with E-state index in [2.05, 4.69) is 53.9 Å². The molecule has 1 unspecified atom stereocenters. The Morgan fingerprint density at radius 2 is 1.57 bits per heavy atom. The number of nitrogens with one attached hydrogen (secondary N) is 1. The summed E-state index contributed by atoms with van der Waals surface area (Å²) in [7, 11) is 2.77. The Labute approximate surface area is 238 Å². The Morgan fingerprint density at radius 1 is 0.825 bits per heavy atom. The number of benzene rings is 3. The predicted molar refractivity (Wildman–Crippen MR) is 159 cm³/mol. The maximum atomic E-state index is 11.8. The molecule has 0 fully saturated rings. The van der Waals surface area contributed by atoms with E-state index in [4.69, 9.17) is 14.2 Å². The monoisotopic (exact) mass is 543 g/mol. The van der Waals surface area contributed by atoms with Crippen molar-refractivity contribution in [1.82, 2.24) is 5.32 Å². The minimum atomic E-state index is -0.345. The van der Waals surface area contributed by atoms with Gasteiger partial charge in [0.15, 0.2) is 0 Å². The lowest BCUT2D eigenvalue weighted by Crippen LogP contribution is -2.26. The van der Waals surface area contributed by atoms with E-state index in [0.717, 1.165) is 55.4 Å². The second-order valence-corrected chi connectivity index (χ2v) is 9.74. The highest BCUT2D eigenvalue weighted by Gasteiger charge is 2.10. The van der Waals surface area contributed by atoms with Gasteiger partial charge < -0.3 is 19.5 Å². The van der Waals surface area contributed by atoms with Crippen molar-refractivity contribution in [3.8, 4) is 5.75 Å². The standard InChI is InChI=1S/C34H41NO5/c1-38-33(36)26-35-23-22-29(25-28-17-20-31(21-18-28)34(37)39-2)16-19-30-14-8-9-15-32(30)40-24-10-4-7-13-27-11-5-3-6-12-27/h3,5-6,8-9,11-12,14-21,29,35H,4,7,10,13,22-26H2,1-2H3/b19-16-. The van der Waals surface area contributed by atoms with Crippen molar-refractivity contribution in [3.05, 3.63) is 107 Å². The van der Waals surface area contributed by atoms with E-state index in [-0.39, 0.29) is 24.4 Å². The van der Waals surface area contributed by atoms with E-state index in [9.17, 15) is 9.59 Å². The fourth-order valence-corrected chi connectivity index (χ4v) is 4.44. The van der Waals surface area contributed by atoms with E-state index >= 15 is 0 Å². The second-order valence-electron chi connectivity index (χ2n) is 9.74. The smallest absolute Gasteiger partial charge is 0.337 e. The first-order chi connectivity index (χ1) is 19.6. The number of unbranched alkanes of at least 4 members (excludes halogenated alkanes) is 2. The Morgan fingerprint density at radius 3 is 2.33 bits per heavy atom. The summed E-state index contributed by atoms with van der Waals surface area (Å²) in [6, 6.07) is 26.2. The lowest BCUT2D eigenvalue weighted by atomic mass is 9.94. The van der Waals surface area contributed by atoms with Crippen LogP contribution in [0.2, 0.25) is 0 Å². The molecule has 1 N–H and O–H groups in total. The minimum absolute atomic E-state index is 0.183. The maximum absolute atomic E-state index is 11.8. The molecule has 0 saturated carbocycles.